The van der Waals surface area contributed by atoms with Crippen LogP contribution >= 0.6 is 0 Å². The quantitative estimate of drug-likeness (QED) is 0.762. The fourth-order valence-corrected chi connectivity index (χ4v) is 3.95. The van der Waals surface area contributed by atoms with Crippen LogP contribution in [-0.2, 0) is 12.8 Å². The highest BCUT2D eigenvalue weighted by molar-refractivity contribution is 5.83. The SMILES string of the molecule is Fc1ccc2[nH]cc(CCC3NCCc4cc5c(cc43)OCO5)c2c1. The van der Waals surface area contributed by atoms with Crippen molar-refractivity contribution >= 4 is 10.9 Å². The molecule has 5 rings (SSSR count). The molecule has 0 saturated carbocycles. The number of hydrogen-bond donors (Lipinski definition) is 2. The number of fused-ring (bicyclic) bond motifs is 3. The number of aryl methyl sites for hydroxylation is 1. The molecule has 1 unspecified atom stereocenters. The van der Waals surface area contributed by atoms with E-state index in [2.05, 4.69) is 22.4 Å². The molecule has 2 aliphatic heterocycles. The summed E-state index contributed by atoms with van der Waals surface area (Å²) in [6, 6.07) is 9.40. The molecule has 0 aliphatic carbocycles. The monoisotopic (exact) mass is 338 g/mol. The van der Waals surface area contributed by atoms with E-state index in [4.69, 9.17) is 9.47 Å². The van der Waals surface area contributed by atoms with Crippen LogP contribution in [0.25, 0.3) is 10.9 Å². The number of halogens is 1. The van der Waals surface area contributed by atoms with Crippen LogP contribution in [-0.4, -0.2) is 18.3 Å². The molecule has 0 fully saturated rings. The van der Waals surface area contributed by atoms with Gasteiger partial charge in [0, 0.05) is 23.1 Å². The van der Waals surface area contributed by atoms with E-state index in [0.717, 1.165) is 53.8 Å². The van der Waals surface area contributed by atoms with Crippen molar-refractivity contribution in [3.8, 4) is 11.5 Å². The van der Waals surface area contributed by atoms with Crippen LogP contribution in [0, 0.1) is 5.82 Å². The normalized spacial score (nSPS) is 18.5. The van der Waals surface area contributed by atoms with E-state index in [0.29, 0.717) is 6.79 Å². The molecular weight excluding hydrogens is 319 g/mol. The molecule has 3 aromatic rings. The molecule has 1 aromatic heterocycles. The zero-order valence-electron chi connectivity index (χ0n) is 13.8. The fraction of sp³-hybridized carbons (Fsp3) is 0.300. The van der Waals surface area contributed by atoms with Crippen molar-refractivity contribution in [3.63, 3.8) is 0 Å². The average molecular weight is 338 g/mol. The van der Waals surface area contributed by atoms with Gasteiger partial charge in [-0.15, -0.1) is 0 Å². The van der Waals surface area contributed by atoms with Gasteiger partial charge in [0.1, 0.15) is 5.82 Å². The Bertz CT molecular complexity index is 950. The maximum absolute atomic E-state index is 13.6. The van der Waals surface area contributed by atoms with Gasteiger partial charge in [0.05, 0.1) is 0 Å². The molecule has 0 amide bonds. The summed E-state index contributed by atoms with van der Waals surface area (Å²) in [5, 5.41) is 4.58. The Morgan fingerprint density at radius 1 is 1.12 bits per heavy atom. The Balaban J connectivity index is 1.41. The first-order valence-electron chi connectivity index (χ1n) is 8.69. The van der Waals surface area contributed by atoms with E-state index in [-0.39, 0.29) is 11.9 Å². The lowest BCUT2D eigenvalue weighted by Crippen LogP contribution is -2.30. The van der Waals surface area contributed by atoms with Gasteiger partial charge < -0.3 is 19.8 Å². The van der Waals surface area contributed by atoms with Gasteiger partial charge in [-0.1, -0.05) is 0 Å². The minimum absolute atomic E-state index is 0.192. The predicted octanol–water partition coefficient (Wildman–Crippen LogP) is 3.86. The lowest BCUT2D eigenvalue weighted by molar-refractivity contribution is 0.174. The van der Waals surface area contributed by atoms with E-state index in [1.807, 2.05) is 6.20 Å². The molecule has 5 heteroatoms. The van der Waals surface area contributed by atoms with Gasteiger partial charge in [0.15, 0.2) is 11.5 Å². The van der Waals surface area contributed by atoms with Crippen LogP contribution in [0.15, 0.2) is 36.5 Å². The van der Waals surface area contributed by atoms with Gasteiger partial charge in [-0.3, -0.25) is 0 Å². The van der Waals surface area contributed by atoms with Gasteiger partial charge in [0.25, 0.3) is 0 Å². The van der Waals surface area contributed by atoms with E-state index in [9.17, 15) is 4.39 Å². The van der Waals surface area contributed by atoms with Crippen LogP contribution < -0.4 is 14.8 Å². The van der Waals surface area contributed by atoms with Crippen molar-refractivity contribution < 1.29 is 13.9 Å². The third kappa shape index (κ3) is 2.55. The lowest BCUT2D eigenvalue weighted by atomic mass is 9.90. The third-order valence-corrected chi connectivity index (χ3v) is 5.23. The van der Waals surface area contributed by atoms with Crippen LogP contribution in [0.1, 0.15) is 29.2 Å². The molecule has 0 radical (unpaired) electrons. The fourth-order valence-electron chi connectivity index (χ4n) is 3.95. The number of rotatable bonds is 3. The molecule has 3 heterocycles. The number of aromatic amines is 1. The Kier molecular flexibility index (Phi) is 3.41. The molecule has 1 atom stereocenters. The third-order valence-electron chi connectivity index (χ3n) is 5.23. The molecule has 0 spiro atoms. The Morgan fingerprint density at radius 3 is 2.92 bits per heavy atom. The molecule has 2 aromatic carbocycles. The second-order valence-electron chi connectivity index (χ2n) is 6.70. The van der Waals surface area contributed by atoms with Crippen LogP contribution in [0.3, 0.4) is 0 Å². The van der Waals surface area contributed by atoms with Crippen LogP contribution in [0.2, 0.25) is 0 Å². The first kappa shape index (κ1) is 14.8. The first-order chi connectivity index (χ1) is 12.3. The van der Waals surface area contributed by atoms with E-state index < -0.39 is 0 Å². The second kappa shape index (κ2) is 5.77. The molecular formula is C20H19FN2O2. The standard InChI is InChI=1S/C20H19FN2O2/c21-14-2-4-18-15(8-14)13(10-23-18)1-3-17-16-9-20-19(24-11-25-20)7-12(16)5-6-22-17/h2,4,7-10,17,22-23H,1,3,5-6,11H2. The minimum Gasteiger partial charge on any atom is -0.454 e. The first-order valence-corrected chi connectivity index (χ1v) is 8.69. The highest BCUT2D eigenvalue weighted by Crippen LogP contribution is 2.39. The van der Waals surface area contributed by atoms with Gasteiger partial charge in [-0.2, -0.15) is 0 Å². The topological polar surface area (TPSA) is 46.3 Å². The smallest absolute Gasteiger partial charge is 0.231 e. The largest absolute Gasteiger partial charge is 0.454 e. The molecule has 0 bridgehead atoms. The van der Waals surface area contributed by atoms with Gasteiger partial charge in [-0.05, 0) is 72.8 Å². The van der Waals surface area contributed by atoms with Crippen LogP contribution in [0.5, 0.6) is 11.5 Å². The number of hydrogen-bond acceptors (Lipinski definition) is 3. The summed E-state index contributed by atoms with van der Waals surface area (Å²) < 4.78 is 24.6. The highest BCUT2D eigenvalue weighted by Gasteiger charge is 2.25. The minimum atomic E-state index is -0.192. The highest BCUT2D eigenvalue weighted by atomic mass is 19.1. The van der Waals surface area contributed by atoms with Gasteiger partial charge in [0.2, 0.25) is 6.79 Å². The van der Waals surface area contributed by atoms with Crippen molar-refractivity contribution in [1.29, 1.82) is 0 Å². The Hall–Kier alpha value is -2.53. The summed E-state index contributed by atoms with van der Waals surface area (Å²) in [4.78, 5) is 3.23. The number of aromatic nitrogens is 1. The molecule has 25 heavy (non-hydrogen) atoms. The summed E-state index contributed by atoms with van der Waals surface area (Å²) in [6.45, 7) is 1.26. The summed E-state index contributed by atoms with van der Waals surface area (Å²) in [5.41, 5.74) is 4.76. The molecule has 2 N–H and O–H groups in total. The number of ether oxygens (including phenoxy) is 2. The maximum Gasteiger partial charge on any atom is 0.231 e. The van der Waals surface area contributed by atoms with Crippen molar-refractivity contribution in [2.75, 3.05) is 13.3 Å². The summed E-state index contributed by atoms with van der Waals surface area (Å²) in [5.74, 6) is 1.50. The Labute approximate surface area is 144 Å². The molecule has 128 valence electrons. The lowest BCUT2D eigenvalue weighted by Gasteiger charge is -2.27. The number of benzene rings is 2. The zero-order chi connectivity index (χ0) is 16.8. The summed E-state index contributed by atoms with van der Waals surface area (Å²) >= 11 is 0. The number of nitrogens with one attached hydrogen (secondary N) is 2. The molecule has 2 aliphatic rings. The van der Waals surface area contributed by atoms with E-state index >= 15 is 0 Å². The summed E-state index contributed by atoms with van der Waals surface area (Å²) in [7, 11) is 0. The predicted molar refractivity (Wildman–Crippen MR) is 93.6 cm³/mol. The number of H-pyrrole nitrogens is 1. The van der Waals surface area contributed by atoms with E-state index in [1.54, 1.807) is 12.1 Å². The van der Waals surface area contributed by atoms with E-state index in [1.165, 1.54) is 17.2 Å². The van der Waals surface area contributed by atoms with Crippen molar-refractivity contribution in [1.82, 2.24) is 10.3 Å². The van der Waals surface area contributed by atoms with Crippen molar-refractivity contribution in [3.05, 3.63) is 59.0 Å². The van der Waals surface area contributed by atoms with Crippen molar-refractivity contribution in [2.45, 2.75) is 25.3 Å². The second-order valence-corrected chi connectivity index (χ2v) is 6.70. The molecule has 0 saturated heterocycles. The van der Waals surface area contributed by atoms with Gasteiger partial charge in [-0.25, -0.2) is 4.39 Å². The van der Waals surface area contributed by atoms with Crippen molar-refractivity contribution in [2.24, 2.45) is 0 Å². The zero-order valence-corrected chi connectivity index (χ0v) is 13.8. The Morgan fingerprint density at radius 2 is 2.00 bits per heavy atom. The van der Waals surface area contributed by atoms with Gasteiger partial charge >= 0.3 is 0 Å². The van der Waals surface area contributed by atoms with Crippen LogP contribution in [0.4, 0.5) is 4.39 Å². The molecule has 4 nitrogen and oxygen atoms in total. The average Bonchev–Trinajstić information content (AvgIpc) is 3.24. The summed E-state index contributed by atoms with van der Waals surface area (Å²) in [6.07, 6.45) is 4.83. The maximum atomic E-state index is 13.6.